The van der Waals surface area contributed by atoms with E-state index >= 15 is 0 Å². The lowest BCUT2D eigenvalue weighted by atomic mass is 10.0. The van der Waals surface area contributed by atoms with Crippen molar-refractivity contribution in [3.05, 3.63) is 93.6 Å². The molecule has 0 radical (unpaired) electrons. The Morgan fingerprint density at radius 2 is 1.83 bits per heavy atom. The van der Waals surface area contributed by atoms with E-state index in [1.165, 1.54) is 42.2 Å². The first-order valence-corrected chi connectivity index (χ1v) is 8.72. The van der Waals surface area contributed by atoms with Crippen molar-refractivity contribution in [3.63, 3.8) is 0 Å². The average Bonchev–Trinajstić information content (AvgIpc) is 3.13. The highest BCUT2D eigenvalue weighted by Gasteiger charge is 2.16. The number of carbonyl (C=O) groups excluding carboxylic acids is 1. The van der Waals surface area contributed by atoms with E-state index in [9.17, 15) is 18.8 Å². The van der Waals surface area contributed by atoms with Crippen molar-refractivity contribution in [2.24, 2.45) is 0 Å². The number of H-pyrrole nitrogens is 1. The predicted octanol–water partition coefficient (Wildman–Crippen LogP) is 2.86. The van der Waals surface area contributed by atoms with Gasteiger partial charge in [0.15, 0.2) is 0 Å². The maximum absolute atomic E-state index is 13.4. The Balaban J connectivity index is 1.94. The van der Waals surface area contributed by atoms with Crippen molar-refractivity contribution < 1.29 is 9.18 Å². The molecule has 8 heteroatoms. The number of aromatic amines is 1. The molecule has 3 heterocycles. The fourth-order valence-electron chi connectivity index (χ4n) is 3.03. The quantitative estimate of drug-likeness (QED) is 0.583. The number of rotatable bonds is 3. The predicted molar refractivity (Wildman–Crippen MR) is 106 cm³/mol. The molecule has 0 bridgehead atoms. The van der Waals surface area contributed by atoms with Crippen molar-refractivity contribution in [2.75, 3.05) is 0 Å². The summed E-state index contributed by atoms with van der Waals surface area (Å²) in [5.74, 6) is -0.787. The maximum Gasteiger partial charge on any atom is 0.273 e. The van der Waals surface area contributed by atoms with Crippen LogP contribution in [0.15, 0.2) is 76.7 Å². The van der Waals surface area contributed by atoms with Gasteiger partial charge in [-0.25, -0.2) is 9.07 Å². The summed E-state index contributed by atoms with van der Waals surface area (Å²) in [4.78, 5) is 38.6. The summed E-state index contributed by atoms with van der Waals surface area (Å²) in [7, 11) is 0. The van der Waals surface area contributed by atoms with Gasteiger partial charge in [0.05, 0.1) is 0 Å². The summed E-state index contributed by atoms with van der Waals surface area (Å²) < 4.78 is 15.8. The van der Waals surface area contributed by atoms with Crippen molar-refractivity contribution in [1.29, 1.82) is 0 Å². The molecule has 4 rings (SSSR count). The third kappa shape index (κ3) is 3.43. The van der Waals surface area contributed by atoms with Gasteiger partial charge in [0, 0.05) is 42.7 Å². The smallest absolute Gasteiger partial charge is 0.273 e. The summed E-state index contributed by atoms with van der Waals surface area (Å²) in [5.41, 5.74) is 1.64. The van der Waals surface area contributed by atoms with Crippen LogP contribution in [0.1, 0.15) is 11.7 Å². The molecule has 7 nitrogen and oxygen atoms in total. The molecule has 29 heavy (non-hydrogen) atoms. The topological polar surface area (TPSA) is 89.8 Å². The largest absolute Gasteiger partial charge is 0.327 e. The highest BCUT2D eigenvalue weighted by Crippen LogP contribution is 2.31. The van der Waals surface area contributed by atoms with E-state index < -0.39 is 17.3 Å². The maximum atomic E-state index is 13.4. The molecule has 0 saturated heterocycles. The fourth-order valence-corrected chi connectivity index (χ4v) is 3.03. The van der Waals surface area contributed by atoms with E-state index in [4.69, 9.17) is 0 Å². The second-order valence-electron chi connectivity index (χ2n) is 6.37. The molecule has 0 aliphatic heterocycles. The number of hydrogen-bond donors (Lipinski definition) is 1. The number of benzene rings is 1. The normalized spacial score (nSPS) is 10.8. The molecular formula is C21H15FN4O3. The molecule has 4 aromatic rings. The zero-order valence-electron chi connectivity index (χ0n) is 15.3. The van der Waals surface area contributed by atoms with Crippen LogP contribution in [0.25, 0.3) is 28.1 Å². The lowest BCUT2D eigenvalue weighted by Gasteiger charge is -2.05. The summed E-state index contributed by atoms with van der Waals surface area (Å²) in [6, 6.07) is 12.0. The van der Waals surface area contributed by atoms with Gasteiger partial charge in [-0.3, -0.25) is 19.0 Å². The zero-order valence-corrected chi connectivity index (χ0v) is 15.3. The molecule has 0 atom stereocenters. The van der Waals surface area contributed by atoms with E-state index in [1.54, 1.807) is 36.5 Å². The van der Waals surface area contributed by atoms with Crippen molar-refractivity contribution in [3.8, 4) is 28.1 Å². The van der Waals surface area contributed by atoms with E-state index in [1.807, 2.05) is 0 Å². The SMILES string of the molecule is CC(=O)n1ccc(-c2cn(-c3ccc[nH]c3=O)nc2-c2ccc(F)cc2)cc1=O. The van der Waals surface area contributed by atoms with Gasteiger partial charge in [-0.1, -0.05) is 0 Å². The molecule has 0 fully saturated rings. The van der Waals surface area contributed by atoms with Gasteiger partial charge in [0.1, 0.15) is 17.2 Å². The minimum absolute atomic E-state index is 0.291. The van der Waals surface area contributed by atoms with Gasteiger partial charge in [-0.05, 0) is 48.0 Å². The number of pyridine rings is 2. The highest BCUT2D eigenvalue weighted by molar-refractivity contribution is 5.82. The third-order valence-corrected chi connectivity index (χ3v) is 4.45. The molecule has 3 aromatic heterocycles. The van der Waals surface area contributed by atoms with E-state index in [-0.39, 0.29) is 5.56 Å². The molecule has 1 aromatic carbocycles. The van der Waals surface area contributed by atoms with E-state index in [0.29, 0.717) is 28.1 Å². The lowest BCUT2D eigenvalue weighted by Crippen LogP contribution is -2.23. The number of nitrogens with zero attached hydrogens (tertiary/aromatic N) is 3. The monoisotopic (exact) mass is 390 g/mol. The van der Waals surface area contributed by atoms with Crippen LogP contribution < -0.4 is 11.1 Å². The lowest BCUT2D eigenvalue weighted by molar-refractivity contribution is 0.0932. The number of nitrogens with one attached hydrogen (secondary N) is 1. The molecule has 0 spiro atoms. The van der Waals surface area contributed by atoms with Crippen molar-refractivity contribution in [1.82, 2.24) is 19.3 Å². The number of aromatic nitrogens is 4. The Kier molecular flexibility index (Phi) is 4.52. The summed E-state index contributed by atoms with van der Waals surface area (Å²) >= 11 is 0. The van der Waals surface area contributed by atoms with Crippen molar-refractivity contribution in [2.45, 2.75) is 6.92 Å². The molecule has 0 unspecified atom stereocenters. The van der Waals surface area contributed by atoms with Crippen LogP contribution in [-0.2, 0) is 0 Å². The molecule has 0 aliphatic carbocycles. The van der Waals surface area contributed by atoms with Crippen LogP contribution in [0.5, 0.6) is 0 Å². The molecule has 144 valence electrons. The third-order valence-electron chi connectivity index (χ3n) is 4.45. The van der Waals surface area contributed by atoms with Gasteiger partial charge >= 0.3 is 0 Å². The second-order valence-corrected chi connectivity index (χ2v) is 6.37. The Hall–Kier alpha value is -4.07. The average molecular weight is 390 g/mol. The van der Waals surface area contributed by atoms with Crippen molar-refractivity contribution >= 4 is 5.91 Å². The minimum atomic E-state index is -0.481. The molecule has 0 aliphatic rings. The van der Waals surface area contributed by atoms with Crippen LogP contribution in [0.2, 0.25) is 0 Å². The van der Waals surface area contributed by atoms with Crippen LogP contribution >= 0.6 is 0 Å². The van der Waals surface area contributed by atoms with Gasteiger partial charge in [-0.15, -0.1) is 0 Å². The summed E-state index contributed by atoms with van der Waals surface area (Å²) in [6.07, 6.45) is 4.52. The fraction of sp³-hybridized carbons (Fsp3) is 0.0476. The summed E-state index contributed by atoms with van der Waals surface area (Å²) in [5, 5.41) is 4.50. The minimum Gasteiger partial charge on any atom is -0.327 e. The standard InChI is InChI=1S/C21H15FN4O3/c1-13(27)25-10-8-15(11-19(25)28)17-12-26(18-3-2-9-23-21(18)29)24-20(17)14-4-6-16(22)7-5-14/h2-12H,1H3,(H,23,29). The van der Waals surface area contributed by atoms with Gasteiger partial charge in [0.25, 0.3) is 11.1 Å². The first kappa shape index (κ1) is 18.3. The Morgan fingerprint density at radius 1 is 1.07 bits per heavy atom. The van der Waals surface area contributed by atoms with E-state index in [0.717, 1.165) is 4.57 Å². The van der Waals surface area contributed by atoms with Crippen LogP contribution in [0.4, 0.5) is 4.39 Å². The molecular weight excluding hydrogens is 375 g/mol. The first-order chi connectivity index (χ1) is 13.9. The Morgan fingerprint density at radius 3 is 2.48 bits per heavy atom. The second kappa shape index (κ2) is 7.16. The van der Waals surface area contributed by atoms with Crippen LogP contribution in [0.3, 0.4) is 0 Å². The Labute approximate surface area is 163 Å². The molecule has 0 amide bonds. The van der Waals surface area contributed by atoms with Crippen LogP contribution in [0, 0.1) is 5.82 Å². The molecule has 1 N–H and O–H groups in total. The first-order valence-electron chi connectivity index (χ1n) is 8.72. The van der Waals surface area contributed by atoms with Gasteiger partial charge in [0.2, 0.25) is 5.91 Å². The number of halogens is 1. The van der Waals surface area contributed by atoms with Crippen LogP contribution in [-0.4, -0.2) is 25.2 Å². The Bertz CT molecular complexity index is 1330. The number of carbonyl (C=O) groups is 1. The zero-order chi connectivity index (χ0) is 20.5. The number of hydrogen-bond acceptors (Lipinski definition) is 4. The van der Waals surface area contributed by atoms with Gasteiger partial charge < -0.3 is 4.98 Å². The van der Waals surface area contributed by atoms with Gasteiger partial charge in [-0.2, -0.15) is 5.10 Å². The molecule has 0 saturated carbocycles. The van der Waals surface area contributed by atoms with E-state index in [2.05, 4.69) is 10.1 Å². The highest BCUT2D eigenvalue weighted by atomic mass is 19.1. The summed E-state index contributed by atoms with van der Waals surface area (Å²) in [6.45, 7) is 1.30.